The van der Waals surface area contributed by atoms with E-state index in [9.17, 15) is 0 Å². The van der Waals surface area contributed by atoms with E-state index in [1.807, 2.05) is 69.2 Å². The molecule has 2 atom stereocenters. The van der Waals surface area contributed by atoms with E-state index in [1.54, 1.807) is 0 Å². The Balaban J connectivity index is -0.0000000564. The molecule has 90 heavy (non-hydrogen) atoms. The summed E-state index contributed by atoms with van der Waals surface area (Å²) in [6, 6.07) is 0. The standard InChI is InChI=1S/C13H28N2.2C13H27N.C12H26N2.C12H25N.5C2H6.10CH4/c1-12(2,3)11-14-7-9-15(10-8-14)13(4,5)6;1-12(2,3)11-7-9-14(10-8-11)13(4,5)6;1-12(2,3)11-8-7-9-14(10-11)13(4,5)6;1-11(2,3)13-7-9-14(10-8-13)12(4,5)6;1-11(2,3)10-7-8-13(9-10)12(4,5)6;5*1-2;;;;;;;;;;/h7-11H2,1-6H3;2*11H,7-10H2,1-6H3;7-10H2,1-6H3;10H,7-9H2,1-6H3;5*1-2H3;10*1H4. The first-order valence-corrected chi connectivity index (χ1v) is 34.3. The largest absolute Gasteiger partial charge is 0.300 e. The molecule has 2 unspecified atom stereocenters. The third-order valence-corrected chi connectivity index (χ3v) is 16.8. The number of rotatable bonds is 1. The molecule has 0 aliphatic carbocycles. The molecule has 0 aromatic carbocycles. The number of hydrogen-bond donors (Lipinski definition) is 0. The van der Waals surface area contributed by atoms with Gasteiger partial charge in [0.05, 0.1) is 0 Å². The summed E-state index contributed by atoms with van der Waals surface area (Å²) >= 11 is 0. The molecule has 0 spiro atoms. The van der Waals surface area contributed by atoms with Crippen molar-refractivity contribution in [3.05, 3.63) is 0 Å². The van der Waals surface area contributed by atoms with Crippen molar-refractivity contribution in [1.82, 2.24) is 34.3 Å². The topological polar surface area (TPSA) is 22.7 Å². The van der Waals surface area contributed by atoms with Crippen LogP contribution in [0.2, 0.25) is 0 Å². The van der Waals surface area contributed by atoms with Crippen LogP contribution in [0.5, 0.6) is 0 Å². The van der Waals surface area contributed by atoms with E-state index >= 15 is 0 Å². The highest BCUT2D eigenvalue weighted by atomic mass is 15.3. The fourth-order valence-electron chi connectivity index (χ4n) is 11.1. The van der Waals surface area contributed by atoms with Crippen molar-refractivity contribution in [3.63, 3.8) is 0 Å². The van der Waals surface area contributed by atoms with Gasteiger partial charge < -0.3 is 4.90 Å². The summed E-state index contributed by atoms with van der Waals surface area (Å²) < 4.78 is 0. The average molecular weight is 1300 g/mol. The first kappa shape index (κ1) is 126. The summed E-state index contributed by atoms with van der Waals surface area (Å²) in [5, 5.41) is 0. The van der Waals surface area contributed by atoms with Crippen LogP contribution in [-0.2, 0) is 0 Å². The van der Waals surface area contributed by atoms with Crippen LogP contribution in [-0.4, -0.2) is 166 Å². The molecular formula is C83H203N7. The van der Waals surface area contributed by atoms with Gasteiger partial charge in [0.1, 0.15) is 0 Å². The van der Waals surface area contributed by atoms with Crippen LogP contribution in [0.1, 0.15) is 383 Å². The molecule has 5 saturated heterocycles. The Kier molecular flexibility index (Phi) is 79.7. The minimum absolute atomic E-state index is 0. The lowest BCUT2D eigenvalue weighted by Crippen LogP contribution is -2.57. The molecule has 0 saturated carbocycles. The Morgan fingerprint density at radius 1 is 0.222 bits per heavy atom. The maximum atomic E-state index is 2.65. The van der Waals surface area contributed by atoms with Gasteiger partial charge in [-0.05, 0) is 222 Å². The van der Waals surface area contributed by atoms with Crippen LogP contribution >= 0.6 is 0 Å². The highest BCUT2D eigenvalue weighted by molar-refractivity contribution is 4.91. The van der Waals surface area contributed by atoms with Gasteiger partial charge in [0.25, 0.3) is 0 Å². The SMILES string of the molecule is C.C.C.C.C.C.C.C.C.C.CC.CC.CC.CC.CC.CC(C)(C)C1CCCN(C(C)(C)C)C1.CC(C)(C)C1CCN(C(C)(C)C)C1.CC(C)(C)C1CCN(C(C)(C)C)CC1.CC(C)(C)CN1CCN(C(C)(C)C)CC1.CC(C)(C)N1CCN(C(C)(C)C)CC1. The number of piperazine rings is 2. The highest BCUT2D eigenvalue weighted by Crippen LogP contribution is 2.38. The molecule has 0 aromatic rings. The minimum atomic E-state index is 0. The van der Waals surface area contributed by atoms with E-state index in [1.165, 1.54) is 130 Å². The summed E-state index contributed by atoms with van der Waals surface area (Å²) in [5.74, 6) is 2.67. The molecule has 5 rings (SSSR count). The fraction of sp³-hybridized carbons (Fsp3) is 1.00. The second kappa shape index (κ2) is 56.7. The van der Waals surface area contributed by atoms with Crippen molar-refractivity contribution in [1.29, 1.82) is 0 Å². The van der Waals surface area contributed by atoms with Crippen LogP contribution in [0.3, 0.4) is 0 Å². The Morgan fingerprint density at radius 2 is 0.411 bits per heavy atom. The van der Waals surface area contributed by atoms with E-state index in [2.05, 4.69) is 242 Å². The van der Waals surface area contributed by atoms with Crippen molar-refractivity contribution in [2.24, 2.45) is 39.4 Å². The van der Waals surface area contributed by atoms with Gasteiger partial charge in [-0.15, -0.1) is 0 Å². The predicted molar refractivity (Wildman–Crippen MR) is 440 cm³/mol. The molecule has 5 heterocycles. The monoisotopic (exact) mass is 1300 g/mol. The van der Waals surface area contributed by atoms with E-state index in [0.717, 1.165) is 17.8 Å². The van der Waals surface area contributed by atoms with Crippen molar-refractivity contribution < 1.29 is 0 Å². The van der Waals surface area contributed by atoms with Crippen molar-refractivity contribution in [2.45, 2.75) is 417 Å². The number of likely N-dealkylation sites (tertiary alicyclic amines) is 3. The van der Waals surface area contributed by atoms with Gasteiger partial charge in [0.2, 0.25) is 0 Å². The van der Waals surface area contributed by atoms with Gasteiger partial charge in [-0.3, -0.25) is 29.4 Å². The van der Waals surface area contributed by atoms with Crippen LogP contribution in [0, 0.1) is 39.4 Å². The third kappa shape index (κ3) is 56.9. The maximum absolute atomic E-state index is 2.65. The zero-order valence-corrected chi connectivity index (χ0v) is 64.0. The summed E-state index contributed by atoms with van der Waals surface area (Å²) in [5.41, 5.74) is 3.99. The van der Waals surface area contributed by atoms with Crippen molar-refractivity contribution in [2.75, 3.05) is 98.2 Å². The molecule has 0 bridgehead atoms. The first-order valence-electron chi connectivity index (χ1n) is 34.3. The molecule has 0 amide bonds. The van der Waals surface area contributed by atoms with Gasteiger partial charge in [-0.2, -0.15) is 0 Å². The van der Waals surface area contributed by atoms with E-state index in [4.69, 9.17) is 0 Å². The van der Waals surface area contributed by atoms with Crippen molar-refractivity contribution in [3.8, 4) is 0 Å². The second-order valence-electron chi connectivity index (χ2n) is 33.4. The molecule has 0 radical (unpaired) electrons. The average Bonchev–Trinajstić information content (AvgIpc) is 3.87. The summed E-state index contributed by atoms with van der Waals surface area (Å²) in [6.45, 7) is 109. The van der Waals surface area contributed by atoms with Crippen LogP contribution in [0.4, 0.5) is 0 Å². The van der Waals surface area contributed by atoms with Crippen LogP contribution in [0.15, 0.2) is 0 Å². The number of nitrogens with zero attached hydrogens (tertiary/aromatic N) is 7. The van der Waals surface area contributed by atoms with Gasteiger partial charge in [0.15, 0.2) is 0 Å². The quantitative estimate of drug-likeness (QED) is 0.258. The van der Waals surface area contributed by atoms with Gasteiger partial charge in [-0.25, -0.2) is 0 Å². The lowest BCUT2D eigenvalue weighted by molar-refractivity contribution is 0.0211. The Bertz CT molecular complexity index is 1280. The lowest BCUT2D eigenvalue weighted by Gasteiger charge is -2.46. The maximum Gasteiger partial charge on any atom is 0.0126 e. The molecule has 570 valence electrons. The Labute approximate surface area is 585 Å². The Hall–Kier alpha value is -0.280. The van der Waals surface area contributed by atoms with E-state index in [-0.39, 0.29) is 74.3 Å². The van der Waals surface area contributed by atoms with Gasteiger partial charge in [0, 0.05) is 105 Å². The number of piperidine rings is 2. The van der Waals surface area contributed by atoms with Crippen LogP contribution < -0.4 is 0 Å². The number of hydrogen-bond acceptors (Lipinski definition) is 7. The van der Waals surface area contributed by atoms with Crippen LogP contribution in [0.25, 0.3) is 0 Å². The van der Waals surface area contributed by atoms with Crippen molar-refractivity contribution >= 4 is 0 Å². The van der Waals surface area contributed by atoms with Gasteiger partial charge in [-0.1, -0.05) is 227 Å². The zero-order chi connectivity index (χ0) is 64.9. The fourth-order valence-corrected chi connectivity index (χ4v) is 11.1. The molecule has 0 N–H and O–H groups in total. The predicted octanol–water partition coefficient (Wildman–Crippen LogP) is 26.4. The van der Waals surface area contributed by atoms with Gasteiger partial charge >= 0.3 is 0 Å². The minimum Gasteiger partial charge on any atom is -0.300 e. The highest BCUT2D eigenvalue weighted by Gasteiger charge is 2.37. The summed E-state index contributed by atoms with van der Waals surface area (Å²) in [4.78, 5) is 18.2. The Morgan fingerprint density at radius 3 is 0.611 bits per heavy atom. The molecule has 7 heteroatoms. The molecule has 5 aliphatic heterocycles. The van der Waals surface area contributed by atoms with E-state index < -0.39 is 0 Å². The van der Waals surface area contributed by atoms with E-state index in [0.29, 0.717) is 54.9 Å². The summed E-state index contributed by atoms with van der Waals surface area (Å²) in [7, 11) is 0. The smallest absolute Gasteiger partial charge is 0.0126 e. The zero-order valence-electron chi connectivity index (χ0n) is 64.0. The molecule has 7 nitrogen and oxygen atoms in total. The third-order valence-electron chi connectivity index (χ3n) is 16.8. The molecular weight excluding hydrogens is 1090 g/mol. The first-order chi connectivity index (χ1) is 36.0. The molecule has 5 aliphatic rings. The normalized spacial score (nSPS) is 19.1. The molecule has 0 aromatic heterocycles. The second-order valence-corrected chi connectivity index (χ2v) is 33.4. The molecule has 5 fully saturated rings. The summed E-state index contributed by atoms with van der Waals surface area (Å²) in [6.07, 6.45) is 6.91. The lowest BCUT2D eigenvalue weighted by atomic mass is 9.75.